The van der Waals surface area contributed by atoms with Gasteiger partial charge in [0, 0.05) is 25.3 Å². The van der Waals surface area contributed by atoms with Crippen LogP contribution in [0.3, 0.4) is 0 Å². The summed E-state index contributed by atoms with van der Waals surface area (Å²) in [6, 6.07) is 2.24. The van der Waals surface area contributed by atoms with Crippen molar-refractivity contribution in [2.75, 3.05) is 32.9 Å². The van der Waals surface area contributed by atoms with Crippen LogP contribution < -0.4 is 5.73 Å². The van der Waals surface area contributed by atoms with Gasteiger partial charge < -0.3 is 10.6 Å². The standard InChI is InChI=1S/C14H22FN3O2S/c1-10-7-12(15)14(8-13(10)16)21(19,20)18(3)11-5-4-6-17(2)9-11/h7-8,11H,4-6,9,16H2,1-3H3. The molecule has 0 radical (unpaired) electrons. The van der Waals surface area contributed by atoms with Crippen LogP contribution in [0, 0.1) is 12.7 Å². The maximum atomic E-state index is 14.1. The number of likely N-dealkylation sites (N-methyl/N-ethyl adjacent to an activating group) is 2. The molecule has 1 fully saturated rings. The molecule has 7 heteroatoms. The SMILES string of the molecule is Cc1cc(F)c(S(=O)(=O)N(C)C2CCCN(C)C2)cc1N. The smallest absolute Gasteiger partial charge is 0.246 e. The van der Waals surface area contributed by atoms with Crippen LogP contribution in [0.1, 0.15) is 18.4 Å². The minimum atomic E-state index is -3.88. The van der Waals surface area contributed by atoms with E-state index in [1.807, 2.05) is 7.05 Å². The van der Waals surface area contributed by atoms with Crippen molar-refractivity contribution >= 4 is 15.7 Å². The maximum Gasteiger partial charge on any atom is 0.246 e. The largest absolute Gasteiger partial charge is 0.398 e. The zero-order chi connectivity index (χ0) is 15.8. The van der Waals surface area contributed by atoms with Crippen LogP contribution in [0.25, 0.3) is 0 Å². The molecule has 0 aromatic heterocycles. The summed E-state index contributed by atoms with van der Waals surface area (Å²) in [6.45, 7) is 3.25. The first-order chi connectivity index (χ1) is 9.73. The molecule has 2 rings (SSSR count). The van der Waals surface area contributed by atoms with E-state index in [4.69, 9.17) is 5.73 Å². The normalized spacial score (nSPS) is 20.9. The van der Waals surface area contributed by atoms with E-state index in [9.17, 15) is 12.8 Å². The molecule has 1 atom stereocenters. The highest BCUT2D eigenvalue weighted by Gasteiger charge is 2.32. The Balaban J connectivity index is 2.35. The van der Waals surface area contributed by atoms with Crippen LogP contribution in [-0.2, 0) is 10.0 Å². The minimum Gasteiger partial charge on any atom is -0.398 e. The van der Waals surface area contributed by atoms with Gasteiger partial charge in [0.05, 0.1) is 0 Å². The molecule has 1 saturated heterocycles. The van der Waals surface area contributed by atoms with E-state index >= 15 is 0 Å². The van der Waals surface area contributed by atoms with Gasteiger partial charge in [-0.2, -0.15) is 4.31 Å². The lowest BCUT2D eigenvalue weighted by atomic mass is 10.1. The van der Waals surface area contributed by atoms with Crippen molar-refractivity contribution < 1.29 is 12.8 Å². The lowest BCUT2D eigenvalue weighted by Crippen LogP contribution is -2.47. The number of hydrogen-bond acceptors (Lipinski definition) is 4. The topological polar surface area (TPSA) is 66.6 Å². The van der Waals surface area contributed by atoms with Gasteiger partial charge in [-0.1, -0.05) is 0 Å². The Morgan fingerprint density at radius 1 is 1.43 bits per heavy atom. The minimum absolute atomic E-state index is 0.143. The van der Waals surface area contributed by atoms with Crippen LogP contribution >= 0.6 is 0 Å². The quantitative estimate of drug-likeness (QED) is 0.857. The summed E-state index contributed by atoms with van der Waals surface area (Å²) >= 11 is 0. The Bertz CT molecular complexity index is 633. The summed E-state index contributed by atoms with van der Waals surface area (Å²) < 4.78 is 40.6. The van der Waals surface area contributed by atoms with Gasteiger partial charge in [0.2, 0.25) is 10.0 Å². The molecule has 1 heterocycles. The summed E-state index contributed by atoms with van der Waals surface area (Å²) in [5.41, 5.74) is 6.54. The molecule has 1 aromatic rings. The monoisotopic (exact) mass is 315 g/mol. The third-order valence-corrected chi connectivity index (χ3v) is 6.02. The Labute approximate surface area is 125 Å². The zero-order valence-electron chi connectivity index (χ0n) is 12.6. The maximum absolute atomic E-state index is 14.1. The van der Waals surface area contributed by atoms with E-state index in [0.29, 0.717) is 12.1 Å². The first-order valence-corrected chi connectivity index (χ1v) is 8.39. The zero-order valence-corrected chi connectivity index (χ0v) is 13.5. The number of nitrogen functional groups attached to an aromatic ring is 1. The van der Waals surface area contributed by atoms with Crippen LogP contribution in [0.15, 0.2) is 17.0 Å². The second-order valence-electron chi connectivity index (χ2n) is 5.72. The number of nitrogens with two attached hydrogens (primary N) is 1. The average Bonchev–Trinajstić information content (AvgIpc) is 2.41. The highest BCUT2D eigenvalue weighted by atomic mass is 32.2. The molecule has 0 aliphatic carbocycles. The Morgan fingerprint density at radius 3 is 2.71 bits per heavy atom. The van der Waals surface area contributed by atoms with Crippen molar-refractivity contribution in [2.45, 2.75) is 30.7 Å². The first kappa shape index (κ1) is 16.2. The second kappa shape index (κ2) is 5.90. The molecular weight excluding hydrogens is 293 g/mol. The van der Waals surface area contributed by atoms with Crippen LogP contribution in [-0.4, -0.2) is 50.8 Å². The average molecular weight is 315 g/mol. The van der Waals surface area contributed by atoms with Gasteiger partial charge in [0.15, 0.2) is 0 Å². The van der Waals surface area contributed by atoms with E-state index in [1.54, 1.807) is 6.92 Å². The van der Waals surface area contributed by atoms with E-state index in [1.165, 1.54) is 23.5 Å². The van der Waals surface area contributed by atoms with Gasteiger partial charge in [-0.25, -0.2) is 12.8 Å². The highest BCUT2D eigenvalue weighted by Crippen LogP contribution is 2.26. The molecule has 118 valence electrons. The molecule has 0 bridgehead atoms. The van der Waals surface area contributed by atoms with Crippen molar-refractivity contribution in [2.24, 2.45) is 0 Å². The molecule has 1 aliphatic heterocycles. The van der Waals surface area contributed by atoms with Gasteiger partial charge in [0.25, 0.3) is 0 Å². The van der Waals surface area contributed by atoms with Gasteiger partial charge in [-0.3, -0.25) is 0 Å². The number of aryl methyl sites for hydroxylation is 1. The molecule has 2 N–H and O–H groups in total. The number of likely N-dealkylation sites (tertiary alicyclic amines) is 1. The number of sulfonamides is 1. The third-order valence-electron chi connectivity index (χ3n) is 4.09. The summed E-state index contributed by atoms with van der Waals surface area (Å²) in [6.07, 6.45) is 1.71. The second-order valence-corrected chi connectivity index (χ2v) is 7.68. The summed E-state index contributed by atoms with van der Waals surface area (Å²) in [5.74, 6) is -0.752. The predicted molar refractivity (Wildman–Crippen MR) is 81.0 cm³/mol. The summed E-state index contributed by atoms with van der Waals surface area (Å²) in [5, 5.41) is 0. The molecule has 5 nitrogen and oxygen atoms in total. The number of halogens is 1. The molecule has 0 amide bonds. The third kappa shape index (κ3) is 3.20. The molecule has 1 aromatic carbocycles. The van der Waals surface area contributed by atoms with Crippen molar-refractivity contribution in [1.29, 1.82) is 0 Å². The van der Waals surface area contributed by atoms with E-state index in [-0.39, 0.29) is 16.6 Å². The molecule has 0 spiro atoms. The molecule has 1 aliphatic rings. The summed E-state index contributed by atoms with van der Waals surface area (Å²) in [7, 11) is -0.416. The number of nitrogens with zero attached hydrogens (tertiary/aromatic N) is 2. The number of hydrogen-bond donors (Lipinski definition) is 1. The molecular formula is C14H22FN3O2S. The number of rotatable bonds is 3. The fourth-order valence-corrected chi connectivity index (χ4v) is 4.11. The number of benzene rings is 1. The Morgan fingerprint density at radius 2 is 2.10 bits per heavy atom. The van der Waals surface area contributed by atoms with Gasteiger partial charge in [0.1, 0.15) is 10.7 Å². The first-order valence-electron chi connectivity index (χ1n) is 6.95. The predicted octanol–water partition coefficient (Wildman–Crippen LogP) is 1.43. The molecule has 0 saturated carbocycles. The number of anilines is 1. The van der Waals surface area contributed by atoms with Gasteiger partial charge >= 0.3 is 0 Å². The van der Waals surface area contributed by atoms with E-state index in [2.05, 4.69) is 4.90 Å². The lowest BCUT2D eigenvalue weighted by Gasteiger charge is -2.35. The van der Waals surface area contributed by atoms with Crippen molar-refractivity contribution in [3.63, 3.8) is 0 Å². The highest BCUT2D eigenvalue weighted by molar-refractivity contribution is 7.89. The van der Waals surface area contributed by atoms with Crippen molar-refractivity contribution in [3.8, 4) is 0 Å². The lowest BCUT2D eigenvalue weighted by molar-refractivity contribution is 0.187. The number of piperidine rings is 1. The van der Waals surface area contributed by atoms with Gasteiger partial charge in [-0.15, -0.1) is 0 Å². The van der Waals surface area contributed by atoms with Gasteiger partial charge in [-0.05, 0) is 51.1 Å². The fourth-order valence-electron chi connectivity index (χ4n) is 2.65. The Hall–Kier alpha value is -1.18. The van der Waals surface area contributed by atoms with Crippen LogP contribution in [0.4, 0.5) is 10.1 Å². The van der Waals surface area contributed by atoms with Crippen LogP contribution in [0.5, 0.6) is 0 Å². The van der Waals surface area contributed by atoms with E-state index in [0.717, 1.165) is 19.4 Å². The molecule has 21 heavy (non-hydrogen) atoms. The van der Waals surface area contributed by atoms with Crippen LogP contribution in [0.2, 0.25) is 0 Å². The summed E-state index contributed by atoms with van der Waals surface area (Å²) in [4.78, 5) is 1.74. The van der Waals surface area contributed by atoms with Crippen molar-refractivity contribution in [3.05, 3.63) is 23.5 Å². The van der Waals surface area contributed by atoms with E-state index < -0.39 is 15.8 Å². The fraction of sp³-hybridized carbons (Fsp3) is 0.571. The Kier molecular flexibility index (Phi) is 4.55. The van der Waals surface area contributed by atoms with Crippen molar-refractivity contribution in [1.82, 2.24) is 9.21 Å². The molecule has 1 unspecified atom stereocenters.